The van der Waals surface area contributed by atoms with Gasteiger partial charge in [-0.1, -0.05) is 36.3 Å². The van der Waals surface area contributed by atoms with E-state index >= 15 is 0 Å². The van der Waals surface area contributed by atoms with E-state index in [1.165, 1.54) is 4.90 Å². The third-order valence-corrected chi connectivity index (χ3v) is 5.88. The smallest absolute Gasteiger partial charge is 0.313 e. The highest BCUT2D eigenvalue weighted by Gasteiger charge is 2.37. The van der Waals surface area contributed by atoms with E-state index in [2.05, 4.69) is 11.2 Å². The summed E-state index contributed by atoms with van der Waals surface area (Å²) < 4.78 is 5.57. The average molecular weight is 462 g/mol. The van der Waals surface area contributed by atoms with Gasteiger partial charge in [-0.25, -0.2) is 0 Å². The summed E-state index contributed by atoms with van der Waals surface area (Å²) in [5.74, 6) is -0.494. The highest BCUT2D eigenvalue weighted by Crippen LogP contribution is 2.22. The molecule has 0 radical (unpaired) electrons. The highest BCUT2D eigenvalue weighted by atomic mass is 32.2. The lowest BCUT2D eigenvalue weighted by Gasteiger charge is -2.38. The first-order valence-electron chi connectivity index (χ1n) is 10.1. The van der Waals surface area contributed by atoms with Gasteiger partial charge in [-0.3, -0.25) is 19.2 Å². The molecular formula is C22H27N3O6S. The van der Waals surface area contributed by atoms with Crippen LogP contribution in [-0.4, -0.2) is 76.5 Å². The van der Waals surface area contributed by atoms with Gasteiger partial charge in [0.15, 0.2) is 0 Å². The first-order chi connectivity index (χ1) is 15.3. The first-order valence-corrected chi connectivity index (χ1v) is 11.2. The van der Waals surface area contributed by atoms with Crippen LogP contribution in [0.5, 0.6) is 0 Å². The van der Waals surface area contributed by atoms with Gasteiger partial charge in [0.05, 0.1) is 17.6 Å². The average Bonchev–Trinajstić information content (AvgIpc) is 2.77. The number of aliphatic carboxylic acids is 1. The minimum atomic E-state index is -1.02. The van der Waals surface area contributed by atoms with Crippen molar-refractivity contribution in [3.05, 3.63) is 35.9 Å². The fourth-order valence-corrected chi connectivity index (χ4v) is 4.06. The zero-order valence-corrected chi connectivity index (χ0v) is 18.4. The number of likely N-dealkylation sites (tertiary alicyclic amines) is 1. The Hall–Kier alpha value is -3.03. The van der Waals surface area contributed by atoms with Crippen molar-refractivity contribution in [3.63, 3.8) is 0 Å². The van der Waals surface area contributed by atoms with E-state index in [-0.39, 0.29) is 49.5 Å². The molecule has 1 aliphatic heterocycles. The van der Waals surface area contributed by atoms with Crippen LogP contribution in [0.3, 0.4) is 0 Å². The second-order valence-corrected chi connectivity index (χ2v) is 8.29. The molecule has 0 spiro atoms. The largest absolute Gasteiger partial charge is 0.481 e. The molecule has 1 fully saturated rings. The minimum Gasteiger partial charge on any atom is -0.481 e. The molecule has 0 bridgehead atoms. The number of terminal acetylenes is 1. The van der Waals surface area contributed by atoms with Crippen molar-refractivity contribution in [1.29, 1.82) is 0 Å². The zero-order chi connectivity index (χ0) is 23.5. The third-order valence-electron chi connectivity index (χ3n) is 4.97. The SMILES string of the molecule is C#CCO[C@@H]1CCN(C(=O)CSCC(=O)O)[C@H](C(=O)N[C@H](Cc2ccccc2)C(N)=O)C1. The van der Waals surface area contributed by atoms with Crippen LogP contribution in [-0.2, 0) is 30.3 Å². The number of carboxylic acids is 1. The van der Waals surface area contributed by atoms with Crippen molar-refractivity contribution < 1.29 is 29.0 Å². The number of carboxylic acid groups (broad SMARTS) is 1. The molecule has 3 atom stereocenters. The number of nitrogens with two attached hydrogens (primary N) is 1. The van der Waals surface area contributed by atoms with E-state index in [1.807, 2.05) is 30.3 Å². The van der Waals surface area contributed by atoms with Gasteiger partial charge in [-0.05, 0) is 12.0 Å². The highest BCUT2D eigenvalue weighted by molar-refractivity contribution is 8.00. The Labute approximate surface area is 191 Å². The van der Waals surface area contributed by atoms with Crippen LogP contribution < -0.4 is 11.1 Å². The van der Waals surface area contributed by atoms with E-state index < -0.39 is 29.9 Å². The Morgan fingerprint density at radius 2 is 2.00 bits per heavy atom. The van der Waals surface area contributed by atoms with E-state index in [9.17, 15) is 19.2 Å². The number of thioether (sulfide) groups is 1. The number of carbonyl (C=O) groups excluding carboxylic acids is 3. The molecule has 10 heteroatoms. The molecule has 1 aliphatic rings. The summed E-state index contributed by atoms with van der Waals surface area (Å²) in [5.41, 5.74) is 6.33. The number of nitrogens with one attached hydrogen (secondary N) is 1. The van der Waals surface area contributed by atoms with Gasteiger partial charge in [0.25, 0.3) is 0 Å². The maximum atomic E-state index is 13.1. The quantitative estimate of drug-likeness (QED) is 0.395. The first kappa shape index (κ1) is 25.2. The molecule has 0 aliphatic carbocycles. The van der Waals surface area contributed by atoms with E-state index in [0.29, 0.717) is 6.42 Å². The predicted molar refractivity (Wildman–Crippen MR) is 120 cm³/mol. The third kappa shape index (κ3) is 7.90. The maximum Gasteiger partial charge on any atom is 0.313 e. The van der Waals surface area contributed by atoms with Crippen molar-refractivity contribution in [2.24, 2.45) is 5.73 Å². The zero-order valence-electron chi connectivity index (χ0n) is 17.6. The molecule has 3 amide bonds. The van der Waals surface area contributed by atoms with Crippen LogP contribution in [0.15, 0.2) is 30.3 Å². The second-order valence-electron chi connectivity index (χ2n) is 7.30. The maximum absolute atomic E-state index is 13.1. The van der Waals surface area contributed by atoms with Gasteiger partial charge in [-0.2, -0.15) is 0 Å². The molecule has 9 nitrogen and oxygen atoms in total. The molecule has 0 unspecified atom stereocenters. The molecule has 0 saturated carbocycles. The summed E-state index contributed by atoms with van der Waals surface area (Å²) in [6.07, 6.45) is 5.84. The number of carbonyl (C=O) groups is 4. The molecule has 1 heterocycles. The molecule has 4 N–H and O–H groups in total. The van der Waals surface area contributed by atoms with Crippen LogP contribution in [0.4, 0.5) is 0 Å². The lowest BCUT2D eigenvalue weighted by Crippen LogP contribution is -2.58. The van der Waals surface area contributed by atoms with Gasteiger partial charge >= 0.3 is 5.97 Å². The molecule has 2 rings (SSSR count). The molecule has 32 heavy (non-hydrogen) atoms. The van der Waals surface area contributed by atoms with Gasteiger partial charge in [0, 0.05) is 19.4 Å². The number of hydrogen-bond donors (Lipinski definition) is 3. The molecule has 1 aromatic carbocycles. The van der Waals surface area contributed by atoms with Crippen LogP contribution in [0.25, 0.3) is 0 Å². The van der Waals surface area contributed by atoms with Crippen LogP contribution in [0.2, 0.25) is 0 Å². The fourth-order valence-electron chi connectivity index (χ4n) is 3.45. The van der Waals surface area contributed by atoms with Gasteiger partial charge in [-0.15, -0.1) is 18.2 Å². The molecule has 1 saturated heterocycles. The summed E-state index contributed by atoms with van der Waals surface area (Å²) >= 11 is 0.958. The Morgan fingerprint density at radius 3 is 2.62 bits per heavy atom. The number of primary amides is 1. The van der Waals surface area contributed by atoms with Gasteiger partial charge in [0.1, 0.15) is 18.7 Å². The molecular weight excluding hydrogens is 434 g/mol. The van der Waals surface area contributed by atoms with Crippen molar-refractivity contribution in [2.45, 2.75) is 37.5 Å². The van der Waals surface area contributed by atoms with Crippen LogP contribution in [0.1, 0.15) is 18.4 Å². The Kier molecular flexibility index (Phi) is 10.0. The van der Waals surface area contributed by atoms with Crippen molar-refractivity contribution >= 4 is 35.5 Å². The number of nitrogens with zero attached hydrogens (tertiary/aromatic N) is 1. The van der Waals surface area contributed by atoms with E-state index in [4.69, 9.17) is 22.0 Å². The van der Waals surface area contributed by atoms with Crippen LogP contribution in [0, 0.1) is 12.3 Å². The molecule has 0 aromatic heterocycles. The molecule has 1 aromatic rings. The lowest BCUT2D eigenvalue weighted by atomic mass is 9.97. The molecule has 172 valence electrons. The van der Waals surface area contributed by atoms with Gasteiger partial charge in [0.2, 0.25) is 17.7 Å². The summed E-state index contributed by atoms with van der Waals surface area (Å²) in [6, 6.07) is 7.28. The summed E-state index contributed by atoms with van der Waals surface area (Å²) in [4.78, 5) is 49.9. The number of rotatable bonds is 11. The number of ether oxygens (including phenoxy) is 1. The second kappa shape index (κ2) is 12.7. The lowest BCUT2D eigenvalue weighted by molar-refractivity contribution is -0.144. The van der Waals surface area contributed by atoms with Crippen molar-refractivity contribution in [2.75, 3.05) is 24.7 Å². The number of piperidine rings is 1. The minimum absolute atomic E-state index is 0.0742. The summed E-state index contributed by atoms with van der Waals surface area (Å²) in [5, 5.41) is 11.4. The fraction of sp³-hybridized carbons (Fsp3) is 0.455. The van der Waals surface area contributed by atoms with E-state index in [0.717, 1.165) is 17.3 Å². The number of hydrogen-bond acceptors (Lipinski definition) is 6. The topological polar surface area (TPSA) is 139 Å². The van der Waals surface area contributed by atoms with Crippen molar-refractivity contribution in [1.82, 2.24) is 10.2 Å². The van der Waals surface area contributed by atoms with Crippen molar-refractivity contribution in [3.8, 4) is 12.3 Å². The Morgan fingerprint density at radius 1 is 1.28 bits per heavy atom. The number of benzene rings is 1. The predicted octanol–water partition coefficient (Wildman–Crippen LogP) is 0.0264. The Bertz CT molecular complexity index is 857. The Balaban J connectivity index is 2.11. The normalized spacial score (nSPS) is 18.9. The van der Waals surface area contributed by atoms with Gasteiger partial charge < -0.3 is 25.8 Å². The number of amides is 3. The van der Waals surface area contributed by atoms with Crippen LogP contribution >= 0.6 is 11.8 Å². The summed E-state index contributed by atoms with van der Waals surface area (Å²) in [7, 11) is 0. The monoisotopic (exact) mass is 461 g/mol. The van der Waals surface area contributed by atoms with E-state index in [1.54, 1.807) is 0 Å². The standard InChI is InChI=1S/C22H27N3O6S/c1-2-10-31-16-8-9-25(19(26)13-32-14-20(27)28)18(12-16)22(30)24-17(21(23)29)11-15-6-4-3-5-7-15/h1,3-7,16-18H,8-14H2,(H2,23,29)(H,24,30)(H,27,28)/t16-,17-,18+/m1/s1. The summed E-state index contributed by atoms with van der Waals surface area (Å²) in [6.45, 7) is 0.332.